The van der Waals surface area contributed by atoms with Crippen molar-refractivity contribution >= 4 is 11.8 Å². The average Bonchev–Trinajstić information content (AvgIpc) is 2.60. The third-order valence-corrected chi connectivity index (χ3v) is 2.53. The molecule has 1 rings (SSSR count). The summed E-state index contributed by atoms with van der Waals surface area (Å²) >= 11 is 0. The molecule has 0 bridgehead atoms. The number of ether oxygens (including phenoxy) is 1. The van der Waals surface area contributed by atoms with Gasteiger partial charge in [0.05, 0.1) is 18.2 Å². The second-order valence-corrected chi connectivity index (χ2v) is 4.26. The van der Waals surface area contributed by atoms with E-state index in [-0.39, 0.29) is 5.78 Å². The second-order valence-electron chi connectivity index (χ2n) is 4.26. The van der Waals surface area contributed by atoms with E-state index in [1.807, 2.05) is 14.1 Å². The van der Waals surface area contributed by atoms with Crippen molar-refractivity contribution in [3.05, 3.63) is 34.8 Å². The number of allylic oxidation sites excluding steroid dienone is 1. The highest BCUT2D eigenvalue weighted by Gasteiger charge is 2.23. The molecule has 1 N–H and O–H groups in total. The molecular formula is C13H18N2O3. The molecule has 98 valence electrons. The number of H-pyrrole nitrogens is 1. The number of nitrogens with one attached hydrogen (secondary N) is 1. The van der Waals surface area contributed by atoms with Crippen LogP contribution >= 0.6 is 0 Å². The van der Waals surface area contributed by atoms with E-state index in [0.29, 0.717) is 22.5 Å². The van der Waals surface area contributed by atoms with Crippen LogP contribution in [0.2, 0.25) is 0 Å². The first-order valence-corrected chi connectivity index (χ1v) is 5.55. The molecule has 0 aliphatic carbocycles. The fourth-order valence-corrected chi connectivity index (χ4v) is 1.75. The first-order chi connectivity index (χ1) is 8.38. The van der Waals surface area contributed by atoms with Crippen molar-refractivity contribution < 1.29 is 14.3 Å². The van der Waals surface area contributed by atoms with Gasteiger partial charge in [-0.3, -0.25) is 4.79 Å². The Hall–Kier alpha value is -2.04. The molecule has 0 spiro atoms. The van der Waals surface area contributed by atoms with Crippen LogP contribution in [0.25, 0.3) is 0 Å². The molecule has 18 heavy (non-hydrogen) atoms. The molecule has 0 saturated heterocycles. The van der Waals surface area contributed by atoms with E-state index >= 15 is 0 Å². The molecule has 5 nitrogen and oxygen atoms in total. The van der Waals surface area contributed by atoms with Crippen LogP contribution in [-0.4, -0.2) is 42.8 Å². The fraction of sp³-hybridized carbons (Fsp3) is 0.385. The van der Waals surface area contributed by atoms with Crippen LogP contribution in [0.15, 0.2) is 12.3 Å². The minimum atomic E-state index is -0.501. The SMILES string of the molecule is COC(=O)c1c(C)[nH]c(C)c1C(=O)C=CN(C)C. The minimum absolute atomic E-state index is 0.217. The molecule has 0 atom stereocenters. The number of aromatic amines is 1. The highest BCUT2D eigenvalue weighted by molar-refractivity contribution is 6.12. The molecule has 0 radical (unpaired) electrons. The summed E-state index contributed by atoms with van der Waals surface area (Å²) in [5.41, 5.74) is 1.99. The van der Waals surface area contributed by atoms with Crippen molar-refractivity contribution in [2.45, 2.75) is 13.8 Å². The molecule has 0 aromatic carbocycles. The molecular weight excluding hydrogens is 232 g/mol. The van der Waals surface area contributed by atoms with Crippen molar-refractivity contribution in [1.29, 1.82) is 0 Å². The molecule has 1 aromatic rings. The lowest BCUT2D eigenvalue weighted by Crippen LogP contribution is -2.10. The van der Waals surface area contributed by atoms with Crippen molar-refractivity contribution in [2.75, 3.05) is 21.2 Å². The number of rotatable bonds is 4. The quantitative estimate of drug-likeness (QED) is 0.501. The highest BCUT2D eigenvalue weighted by Crippen LogP contribution is 2.20. The zero-order valence-corrected chi connectivity index (χ0v) is 11.3. The summed E-state index contributed by atoms with van der Waals surface area (Å²) in [5, 5.41) is 0. The first kappa shape index (κ1) is 14.0. The molecule has 0 fully saturated rings. The Morgan fingerprint density at radius 2 is 1.72 bits per heavy atom. The van der Waals surface area contributed by atoms with Gasteiger partial charge in [0.2, 0.25) is 0 Å². The summed E-state index contributed by atoms with van der Waals surface area (Å²) in [6.07, 6.45) is 3.08. The lowest BCUT2D eigenvalue weighted by Gasteiger charge is -2.04. The maximum absolute atomic E-state index is 12.1. The largest absolute Gasteiger partial charge is 0.465 e. The zero-order chi connectivity index (χ0) is 13.9. The molecule has 1 heterocycles. The lowest BCUT2D eigenvalue weighted by atomic mass is 10.0. The summed E-state index contributed by atoms with van der Waals surface area (Å²) in [4.78, 5) is 28.5. The van der Waals surface area contributed by atoms with E-state index in [2.05, 4.69) is 4.98 Å². The number of hydrogen-bond donors (Lipinski definition) is 1. The van der Waals surface area contributed by atoms with Crippen LogP contribution in [0.1, 0.15) is 32.1 Å². The lowest BCUT2D eigenvalue weighted by molar-refractivity contribution is 0.0597. The van der Waals surface area contributed by atoms with Crippen LogP contribution in [-0.2, 0) is 4.74 Å². The molecule has 0 aliphatic heterocycles. The van der Waals surface area contributed by atoms with E-state index in [1.54, 1.807) is 24.9 Å². The van der Waals surface area contributed by atoms with Crippen molar-refractivity contribution in [2.24, 2.45) is 0 Å². The number of nitrogens with zero attached hydrogens (tertiary/aromatic N) is 1. The highest BCUT2D eigenvalue weighted by atomic mass is 16.5. The van der Waals surface area contributed by atoms with E-state index in [0.717, 1.165) is 0 Å². The maximum atomic E-state index is 12.1. The number of aryl methyl sites for hydroxylation is 2. The third-order valence-electron chi connectivity index (χ3n) is 2.53. The summed E-state index contributed by atoms with van der Waals surface area (Å²) in [6, 6.07) is 0. The van der Waals surface area contributed by atoms with Gasteiger partial charge in [-0.15, -0.1) is 0 Å². The van der Waals surface area contributed by atoms with Crippen LogP contribution in [0.4, 0.5) is 0 Å². The molecule has 0 amide bonds. The monoisotopic (exact) mass is 250 g/mol. The van der Waals surface area contributed by atoms with Crippen LogP contribution in [0, 0.1) is 13.8 Å². The Balaban J connectivity index is 3.23. The molecule has 1 aromatic heterocycles. The summed E-state index contributed by atoms with van der Waals surface area (Å²) < 4.78 is 4.70. The van der Waals surface area contributed by atoms with Gasteiger partial charge in [0.25, 0.3) is 0 Å². The molecule has 0 saturated carbocycles. The smallest absolute Gasteiger partial charge is 0.340 e. The number of carbonyl (C=O) groups excluding carboxylic acids is 2. The van der Waals surface area contributed by atoms with Crippen LogP contribution < -0.4 is 0 Å². The Morgan fingerprint density at radius 3 is 2.22 bits per heavy atom. The Kier molecular flexibility index (Phi) is 4.31. The van der Waals surface area contributed by atoms with Gasteiger partial charge in [-0.1, -0.05) is 0 Å². The molecule has 0 unspecified atom stereocenters. The maximum Gasteiger partial charge on any atom is 0.340 e. The van der Waals surface area contributed by atoms with Crippen molar-refractivity contribution in [3.8, 4) is 0 Å². The zero-order valence-electron chi connectivity index (χ0n) is 11.3. The number of carbonyl (C=O) groups is 2. The van der Waals surface area contributed by atoms with Crippen molar-refractivity contribution in [1.82, 2.24) is 9.88 Å². The number of aromatic nitrogens is 1. The van der Waals surface area contributed by atoms with Gasteiger partial charge in [-0.05, 0) is 13.8 Å². The predicted molar refractivity (Wildman–Crippen MR) is 68.8 cm³/mol. The molecule has 5 heteroatoms. The van der Waals surface area contributed by atoms with Gasteiger partial charge >= 0.3 is 5.97 Å². The van der Waals surface area contributed by atoms with Gasteiger partial charge in [0, 0.05) is 37.8 Å². The van der Waals surface area contributed by atoms with Crippen LogP contribution in [0.3, 0.4) is 0 Å². The predicted octanol–water partition coefficient (Wildman–Crippen LogP) is 1.68. The normalized spacial score (nSPS) is 10.7. The first-order valence-electron chi connectivity index (χ1n) is 5.55. The third kappa shape index (κ3) is 2.80. The fourth-order valence-electron chi connectivity index (χ4n) is 1.75. The van der Waals surface area contributed by atoms with Gasteiger partial charge in [-0.2, -0.15) is 0 Å². The number of hydrogen-bond acceptors (Lipinski definition) is 4. The van der Waals surface area contributed by atoms with Gasteiger partial charge in [0.1, 0.15) is 0 Å². The van der Waals surface area contributed by atoms with Crippen molar-refractivity contribution in [3.63, 3.8) is 0 Å². The second kappa shape index (κ2) is 5.53. The van der Waals surface area contributed by atoms with E-state index in [9.17, 15) is 9.59 Å². The summed E-state index contributed by atoms with van der Waals surface area (Å²) in [6.45, 7) is 3.50. The summed E-state index contributed by atoms with van der Waals surface area (Å²) in [7, 11) is 4.94. The van der Waals surface area contributed by atoms with Gasteiger partial charge in [0.15, 0.2) is 5.78 Å². The standard InChI is InChI=1S/C13H18N2O3/c1-8-11(10(16)6-7-15(3)4)12(9(2)14-8)13(17)18-5/h6-7,14H,1-5H3. The van der Waals surface area contributed by atoms with E-state index in [1.165, 1.54) is 13.2 Å². The Bertz CT molecular complexity index is 499. The van der Waals surface area contributed by atoms with Gasteiger partial charge < -0.3 is 14.6 Å². The Morgan fingerprint density at radius 1 is 1.17 bits per heavy atom. The average molecular weight is 250 g/mol. The number of methoxy groups -OCH3 is 1. The number of esters is 1. The Labute approximate surface area is 106 Å². The van der Waals surface area contributed by atoms with Gasteiger partial charge in [-0.25, -0.2) is 4.79 Å². The van der Waals surface area contributed by atoms with E-state index < -0.39 is 5.97 Å². The summed E-state index contributed by atoms with van der Waals surface area (Å²) in [5.74, 6) is -0.718. The van der Waals surface area contributed by atoms with E-state index in [4.69, 9.17) is 4.74 Å². The topological polar surface area (TPSA) is 62.4 Å². The van der Waals surface area contributed by atoms with Crippen LogP contribution in [0.5, 0.6) is 0 Å². The molecule has 0 aliphatic rings. The number of ketones is 1. The minimum Gasteiger partial charge on any atom is -0.465 e.